The number of rotatable bonds is 6. The molecule has 2 heterocycles. The van der Waals surface area contributed by atoms with E-state index >= 15 is 0 Å². The van der Waals surface area contributed by atoms with Gasteiger partial charge < -0.3 is 13.7 Å². The van der Waals surface area contributed by atoms with Crippen molar-refractivity contribution in [2.24, 2.45) is 0 Å². The number of hydrogen-bond acceptors (Lipinski definition) is 3. The lowest BCUT2D eigenvalue weighted by atomic mass is 9.92. The highest BCUT2D eigenvalue weighted by atomic mass is 16.3. The molecule has 0 fully saturated rings. The molecular formula is C52H33NO2. The van der Waals surface area contributed by atoms with Crippen LogP contribution in [-0.4, -0.2) is 0 Å². The summed E-state index contributed by atoms with van der Waals surface area (Å²) in [7, 11) is 0. The molecule has 0 aliphatic carbocycles. The van der Waals surface area contributed by atoms with E-state index in [1.54, 1.807) is 0 Å². The lowest BCUT2D eigenvalue weighted by Gasteiger charge is -2.26. The zero-order valence-corrected chi connectivity index (χ0v) is 29.8. The number of benzene rings is 9. The fourth-order valence-electron chi connectivity index (χ4n) is 8.34. The minimum absolute atomic E-state index is 0.839. The van der Waals surface area contributed by atoms with Crippen LogP contribution in [0.2, 0.25) is 0 Å². The van der Waals surface area contributed by atoms with Gasteiger partial charge in [-0.2, -0.15) is 0 Å². The van der Waals surface area contributed by atoms with Gasteiger partial charge in [0.1, 0.15) is 16.7 Å². The Morgan fingerprint density at radius 2 is 0.836 bits per heavy atom. The number of fused-ring (bicyclic) bond motifs is 8. The second-order valence-electron chi connectivity index (χ2n) is 14.0. The molecule has 55 heavy (non-hydrogen) atoms. The highest BCUT2D eigenvalue weighted by molar-refractivity contribution is 6.25. The molecule has 0 aliphatic rings. The third-order valence-corrected chi connectivity index (χ3v) is 10.9. The molecule has 3 heteroatoms. The van der Waals surface area contributed by atoms with Crippen LogP contribution in [0.1, 0.15) is 0 Å². The highest BCUT2D eigenvalue weighted by Gasteiger charge is 2.23. The Hall–Kier alpha value is -7.36. The molecule has 258 valence electrons. The Morgan fingerprint density at radius 1 is 0.309 bits per heavy atom. The number of furan rings is 2. The average Bonchev–Trinajstić information content (AvgIpc) is 3.84. The van der Waals surface area contributed by atoms with Gasteiger partial charge in [-0.25, -0.2) is 0 Å². The Bertz CT molecular complexity index is 3090. The minimum Gasteiger partial charge on any atom is -0.456 e. The van der Waals surface area contributed by atoms with Gasteiger partial charge in [-0.1, -0.05) is 152 Å². The summed E-state index contributed by atoms with van der Waals surface area (Å²) in [4.78, 5) is 2.32. The minimum atomic E-state index is 0.839. The summed E-state index contributed by atoms with van der Waals surface area (Å²) in [6.07, 6.45) is 0. The van der Waals surface area contributed by atoms with E-state index in [4.69, 9.17) is 8.83 Å². The van der Waals surface area contributed by atoms with Gasteiger partial charge in [-0.3, -0.25) is 0 Å². The van der Waals surface area contributed by atoms with Crippen molar-refractivity contribution >= 4 is 71.7 Å². The molecule has 0 spiro atoms. The first-order valence-corrected chi connectivity index (χ1v) is 18.7. The standard InChI is InChI=1S/C52H33NO2/c1-3-13-34(14-4-1)36-25-29-38(30-26-36)53(39-31-27-37(28-32-39)35-15-5-2-6-16-35)46-22-11-21-44-51-41-18-8-7-17-40(41)45(33-49(51)55-52(44)46)42-20-12-24-48-50(42)43-19-9-10-23-47(43)54-48/h1-33H. The molecule has 0 N–H and O–H groups in total. The highest BCUT2D eigenvalue weighted by Crippen LogP contribution is 2.47. The topological polar surface area (TPSA) is 29.5 Å². The van der Waals surface area contributed by atoms with Gasteiger partial charge in [-0.15, -0.1) is 0 Å². The molecular weight excluding hydrogens is 671 g/mol. The predicted molar refractivity (Wildman–Crippen MR) is 229 cm³/mol. The number of anilines is 3. The molecule has 0 bridgehead atoms. The van der Waals surface area contributed by atoms with E-state index < -0.39 is 0 Å². The summed E-state index contributed by atoms with van der Waals surface area (Å²) >= 11 is 0. The quantitative estimate of drug-likeness (QED) is 0.173. The van der Waals surface area contributed by atoms with Crippen molar-refractivity contribution in [3.8, 4) is 33.4 Å². The summed E-state index contributed by atoms with van der Waals surface area (Å²) in [5, 5.41) is 6.74. The van der Waals surface area contributed by atoms with Gasteiger partial charge in [-0.05, 0) is 92.7 Å². The van der Waals surface area contributed by atoms with Crippen molar-refractivity contribution < 1.29 is 8.83 Å². The van der Waals surface area contributed by atoms with E-state index in [0.29, 0.717) is 0 Å². The summed E-state index contributed by atoms with van der Waals surface area (Å²) < 4.78 is 13.4. The van der Waals surface area contributed by atoms with E-state index in [2.05, 4.69) is 193 Å². The Morgan fingerprint density at radius 3 is 1.51 bits per heavy atom. The van der Waals surface area contributed by atoms with Gasteiger partial charge >= 0.3 is 0 Å². The third-order valence-electron chi connectivity index (χ3n) is 10.9. The maximum absolute atomic E-state index is 7.08. The lowest BCUT2D eigenvalue weighted by Crippen LogP contribution is -2.10. The molecule has 9 aromatic carbocycles. The normalized spacial score (nSPS) is 11.6. The van der Waals surface area contributed by atoms with Crippen LogP contribution in [0, 0.1) is 0 Å². The van der Waals surface area contributed by atoms with Crippen LogP contribution in [0.5, 0.6) is 0 Å². The molecule has 0 aliphatic heterocycles. The maximum atomic E-state index is 7.08. The molecule has 11 rings (SSSR count). The molecule has 3 nitrogen and oxygen atoms in total. The fourth-order valence-corrected chi connectivity index (χ4v) is 8.34. The zero-order valence-electron chi connectivity index (χ0n) is 29.8. The second kappa shape index (κ2) is 12.6. The van der Waals surface area contributed by atoms with Gasteiger partial charge in [0.15, 0.2) is 5.58 Å². The van der Waals surface area contributed by atoms with Crippen molar-refractivity contribution in [1.29, 1.82) is 0 Å². The molecule has 0 radical (unpaired) electrons. The molecule has 0 atom stereocenters. The molecule has 2 aromatic heterocycles. The first kappa shape index (κ1) is 31.2. The van der Waals surface area contributed by atoms with Crippen molar-refractivity contribution in [3.05, 3.63) is 200 Å². The summed E-state index contributed by atoms with van der Waals surface area (Å²) in [5.41, 5.74) is 13.5. The van der Waals surface area contributed by atoms with Crippen molar-refractivity contribution in [2.45, 2.75) is 0 Å². The summed E-state index contributed by atoms with van der Waals surface area (Å²) in [5.74, 6) is 0. The zero-order chi connectivity index (χ0) is 36.3. The average molecular weight is 704 g/mol. The summed E-state index contributed by atoms with van der Waals surface area (Å²) in [6, 6.07) is 70.7. The fraction of sp³-hybridized carbons (Fsp3) is 0. The molecule has 0 amide bonds. The van der Waals surface area contributed by atoms with Gasteiger partial charge in [0.25, 0.3) is 0 Å². The lowest BCUT2D eigenvalue weighted by molar-refractivity contribution is 0.668. The van der Waals surface area contributed by atoms with E-state index in [9.17, 15) is 0 Å². The number of hydrogen-bond donors (Lipinski definition) is 0. The van der Waals surface area contributed by atoms with Gasteiger partial charge in [0, 0.05) is 32.9 Å². The van der Waals surface area contributed by atoms with Crippen LogP contribution in [-0.2, 0) is 0 Å². The first-order valence-electron chi connectivity index (χ1n) is 18.7. The van der Waals surface area contributed by atoms with Crippen molar-refractivity contribution in [1.82, 2.24) is 0 Å². The van der Waals surface area contributed by atoms with E-state index in [1.165, 1.54) is 27.6 Å². The largest absolute Gasteiger partial charge is 0.456 e. The van der Waals surface area contributed by atoms with Crippen LogP contribution in [0.4, 0.5) is 17.1 Å². The molecule has 0 saturated heterocycles. The molecule has 11 aromatic rings. The van der Waals surface area contributed by atoms with E-state index in [-0.39, 0.29) is 0 Å². The van der Waals surface area contributed by atoms with Gasteiger partial charge in [0.2, 0.25) is 0 Å². The Kier molecular flexibility index (Phi) is 7.17. The molecule has 0 unspecified atom stereocenters. The third kappa shape index (κ3) is 5.13. The predicted octanol–water partition coefficient (Wildman–Crippen LogP) is 15.1. The molecule has 0 saturated carbocycles. The van der Waals surface area contributed by atoms with E-state index in [0.717, 1.165) is 77.5 Å². The van der Waals surface area contributed by atoms with Crippen LogP contribution in [0.25, 0.3) is 88.0 Å². The van der Waals surface area contributed by atoms with Crippen molar-refractivity contribution in [2.75, 3.05) is 4.90 Å². The number of nitrogens with zero attached hydrogens (tertiary/aromatic N) is 1. The first-order chi connectivity index (χ1) is 27.3. The summed E-state index contributed by atoms with van der Waals surface area (Å²) in [6.45, 7) is 0. The second-order valence-corrected chi connectivity index (χ2v) is 14.0. The maximum Gasteiger partial charge on any atom is 0.159 e. The van der Waals surface area contributed by atoms with Gasteiger partial charge in [0.05, 0.1) is 5.69 Å². The Balaban J connectivity index is 1.13. The van der Waals surface area contributed by atoms with Crippen LogP contribution in [0.15, 0.2) is 209 Å². The monoisotopic (exact) mass is 703 g/mol. The Labute approximate surface area is 317 Å². The number of para-hydroxylation sites is 2. The van der Waals surface area contributed by atoms with E-state index in [1.807, 2.05) is 12.1 Å². The smallest absolute Gasteiger partial charge is 0.159 e. The van der Waals surface area contributed by atoms with Crippen molar-refractivity contribution in [3.63, 3.8) is 0 Å². The van der Waals surface area contributed by atoms with Crippen LogP contribution in [0.3, 0.4) is 0 Å². The van der Waals surface area contributed by atoms with Crippen LogP contribution < -0.4 is 4.90 Å². The SMILES string of the molecule is c1ccc(-c2ccc(N(c3ccc(-c4ccccc4)cc3)c3cccc4c3oc3cc(-c5cccc6oc7ccccc7c56)c5ccccc5c34)cc2)cc1. The van der Waals surface area contributed by atoms with Crippen LogP contribution >= 0.6 is 0 Å².